The molecule has 8 heteroatoms. The summed E-state index contributed by atoms with van der Waals surface area (Å²) in [4.78, 5) is 32.4. The first kappa shape index (κ1) is 25.0. The van der Waals surface area contributed by atoms with Crippen molar-refractivity contribution in [3.05, 3.63) is 57.6 Å². The van der Waals surface area contributed by atoms with E-state index in [4.69, 9.17) is 25.9 Å². The summed E-state index contributed by atoms with van der Waals surface area (Å²) < 4.78 is 10.8. The van der Waals surface area contributed by atoms with Gasteiger partial charge in [-0.1, -0.05) is 41.1 Å². The van der Waals surface area contributed by atoms with Crippen LogP contribution in [-0.2, 0) is 25.5 Å². The fourth-order valence-corrected chi connectivity index (χ4v) is 4.03. The van der Waals surface area contributed by atoms with E-state index in [1.54, 1.807) is 4.90 Å². The maximum atomic E-state index is 12.9. The summed E-state index contributed by atoms with van der Waals surface area (Å²) in [6.07, 6.45) is 10.6. The van der Waals surface area contributed by atoms with Gasteiger partial charge < -0.3 is 19.2 Å². The Morgan fingerprint density at radius 1 is 1.09 bits per heavy atom. The Balaban J connectivity index is 1.86. The van der Waals surface area contributed by atoms with Crippen molar-refractivity contribution in [1.82, 2.24) is 4.90 Å². The van der Waals surface area contributed by atoms with Gasteiger partial charge in [0.05, 0.1) is 31.1 Å². The molecule has 0 bridgehead atoms. The second-order valence-electron chi connectivity index (χ2n) is 8.08. The Labute approximate surface area is 200 Å². The number of aryl methyl sites for hydroxylation is 2. The lowest BCUT2D eigenvalue weighted by Gasteiger charge is -2.26. The minimum Gasteiger partial charge on any atom is -0.462 e. The third-order valence-corrected chi connectivity index (χ3v) is 6.06. The third-order valence-electron chi connectivity index (χ3n) is 5.53. The summed E-state index contributed by atoms with van der Waals surface area (Å²) in [5.41, 5.74) is 3.35. The van der Waals surface area contributed by atoms with Crippen LogP contribution in [0.5, 0.6) is 0 Å². The lowest BCUT2D eigenvalue weighted by atomic mass is 9.94. The molecule has 0 radical (unpaired) electrons. The van der Waals surface area contributed by atoms with Crippen molar-refractivity contribution in [2.75, 3.05) is 39.5 Å². The molecular formula is C25H31ClN2O5. The molecular weight excluding hydrogens is 444 g/mol. The van der Waals surface area contributed by atoms with Gasteiger partial charge in [0.1, 0.15) is 0 Å². The number of rotatable bonds is 3. The molecule has 2 heterocycles. The minimum absolute atomic E-state index is 0.133. The van der Waals surface area contributed by atoms with Gasteiger partial charge in [-0.05, 0) is 55.9 Å². The van der Waals surface area contributed by atoms with Crippen LogP contribution < -0.4 is 0 Å². The van der Waals surface area contributed by atoms with Crippen LogP contribution in [0.25, 0.3) is 0 Å². The Morgan fingerprint density at radius 2 is 1.82 bits per heavy atom. The van der Waals surface area contributed by atoms with Crippen molar-refractivity contribution in [2.45, 2.75) is 39.5 Å². The van der Waals surface area contributed by atoms with E-state index in [0.717, 1.165) is 24.0 Å². The van der Waals surface area contributed by atoms with Gasteiger partial charge in [-0.2, -0.15) is 0 Å². The maximum absolute atomic E-state index is 12.9. The monoisotopic (exact) mass is 474 g/mol. The van der Waals surface area contributed by atoms with Crippen molar-refractivity contribution in [3.63, 3.8) is 0 Å². The van der Waals surface area contributed by atoms with Crippen LogP contribution in [0.15, 0.2) is 35.5 Å². The van der Waals surface area contributed by atoms with E-state index in [-0.39, 0.29) is 18.9 Å². The number of ether oxygens (including phenoxy) is 2. The molecule has 3 rings (SSSR count). The van der Waals surface area contributed by atoms with Crippen LogP contribution >= 0.6 is 11.6 Å². The zero-order chi connectivity index (χ0) is 23.6. The first-order chi connectivity index (χ1) is 16.0. The fourth-order valence-electron chi connectivity index (χ4n) is 3.81. The average Bonchev–Trinajstić information content (AvgIpc) is 2.80. The maximum Gasteiger partial charge on any atom is 0.338 e. The van der Waals surface area contributed by atoms with Gasteiger partial charge in [-0.25, -0.2) is 4.79 Å². The van der Waals surface area contributed by atoms with Crippen LogP contribution in [0, 0.1) is 13.8 Å². The first-order valence-corrected chi connectivity index (χ1v) is 11.7. The molecule has 0 aliphatic carbocycles. The molecule has 1 fully saturated rings. The average molecular weight is 475 g/mol. The largest absolute Gasteiger partial charge is 0.462 e. The Morgan fingerprint density at radius 3 is 2.61 bits per heavy atom. The molecule has 1 aromatic carbocycles. The predicted octanol–water partition coefficient (Wildman–Crippen LogP) is 4.18. The molecule has 0 N–H and O–H groups in total. The van der Waals surface area contributed by atoms with E-state index in [9.17, 15) is 9.59 Å². The molecule has 0 aromatic heterocycles. The van der Waals surface area contributed by atoms with Crippen molar-refractivity contribution in [2.24, 2.45) is 5.16 Å². The number of morpholine rings is 1. The number of amides is 1. The highest BCUT2D eigenvalue weighted by molar-refractivity contribution is 6.33. The summed E-state index contributed by atoms with van der Waals surface area (Å²) in [5, 5.41) is 4.74. The fraction of sp³-hybridized carbons (Fsp3) is 0.480. The van der Waals surface area contributed by atoms with Crippen LogP contribution in [0.2, 0.25) is 5.02 Å². The number of fused-ring (bicyclic) bond motifs is 1. The predicted molar refractivity (Wildman–Crippen MR) is 128 cm³/mol. The second kappa shape index (κ2) is 12.6. The van der Waals surface area contributed by atoms with Crippen LogP contribution in [-0.4, -0.2) is 62.0 Å². The van der Waals surface area contributed by atoms with Crippen LogP contribution in [0.4, 0.5) is 0 Å². The van der Waals surface area contributed by atoms with E-state index in [0.29, 0.717) is 61.2 Å². The topological polar surface area (TPSA) is 77.4 Å². The summed E-state index contributed by atoms with van der Waals surface area (Å²) in [5.74, 6) is -0.534. The van der Waals surface area contributed by atoms with Gasteiger partial charge in [0, 0.05) is 24.5 Å². The van der Waals surface area contributed by atoms with E-state index >= 15 is 0 Å². The molecule has 0 unspecified atom stereocenters. The SMILES string of the molecule is Cc1cc(C)c2c(c1Cl)CC(=N/OCC(=O)N1CCOCC1)/C=C/CC/C=C/CCOC2=O. The summed E-state index contributed by atoms with van der Waals surface area (Å²) in [6.45, 7) is 6.09. The number of halogens is 1. The van der Waals surface area contributed by atoms with Gasteiger partial charge in [0.25, 0.3) is 5.91 Å². The highest BCUT2D eigenvalue weighted by Gasteiger charge is 2.22. The number of cyclic esters (lactones) is 1. The van der Waals surface area contributed by atoms with Crippen LogP contribution in [0.1, 0.15) is 46.3 Å². The standard InChI is InChI=1S/C25H31ClN2O5/c1-18-15-19(2)24(26)21-16-20(27-33-17-22(29)28-10-13-31-14-11-28)9-7-5-3-4-6-8-12-32-25(30)23(18)21/h4,6-7,9,15H,3,5,8,10-14,16-17H2,1-2H3/b6-4+,9-7+,27-20+. The quantitative estimate of drug-likeness (QED) is 0.373. The molecule has 1 saturated heterocycles. The normalized spacial score (nSPS) is 21.0. The molecule has 33 heavy (non-hydrogen) atoms. The number of carbonyl (C=O) groups excluding carboxylic acids is 2. The smallest absolute Gasteiger partial charge is 0.338 e. The van der Waals surface area contributed by atoms with E-state index in [1.165, 1.54) is 0 Å². The van der Waals surface area contributed by atoms with Gasteiger partial charge in [-0.3, -0.25) is 4.79 Å². The lowest BCUT2D eigenvalue weighted by molar-refractivity contribution is -0.140. The number of benzene rings is 1. The molecule has 0 spiro atoms. The Bertz CT molecular complexity index is 949. The molecule has 2 aliphatic rings. The molecule has 1 aromatic rings. The number of hydrogen-bond donors (Lipinski definition) is 0. The van der Waals surface area contributed by atoms with Gasteiger partial charge in [-0.15, -0.1) is 0 Å². The van der Waals surface area contributed by atoms with Gasteiger partial charge >= 0.3 is 5.97 Å². The number of allylic oxidation sites excluding steroid dienone is 3. The number of hydrogen-bond acceptors (Lipinski definition) is 6. The van der Waals surface area contributed by atoms with Crippen LogP contribution in [0.3, 0.4) is 0 Å². The lowest BCUT2D eigenvalue weighted by Crippen LogP contribution is -2.42. The number of esters is 1. The van der Waals surface area contributed by atoms with E-state index in [1.807, 2.05) is 38.1 Å². The summed E-state index contributed by atoms with van der Waals surface area (Å²) in [6, 6.07) is 1.88. The van der Waals surface area contributed by atoms with Gasteiger partial charge in [0.2, 0.25) is 0 Å². The summed E-state index contributed by atoms with van der Waals surface area (Å²) in [7, 11) is 0. The van der Waals surface area contributed by atoms with Gasteiger partial charge in [0.15, 0.2) is 6.61 Å². The molecule has 178 valence electrons. The number of oxime groups is 1. The number of nitrogens with zero attached hydrogens (tertiary/aromatic N) is 2. The zero-order valence-electron chi connectivity index (χ0n) is 19.3. The summed E-state index contributed by atoms with van der Waals surface area (Å²) >= 11 is 6.64. The van der Waals surface area contributed by atoms with Crippen molar-refractivity contribution >= 4 is 29.2 Å². The number of carbonyl (C=O) groups is 2. The van der Waals surface area contributed by atoms with Crippen molar-refractivity contribution < 1.29 is 23.9 Å². The Kier molecular flexibility index (Phi) is 9.51. The molecule has 2 aliphatic heterocycles. The first-order valence-electron chi connectivity index (χ1n) is 11.3. The molecule has 0 saturated carbocycles. The van der Waals surface area contributed by atoms with Crippen molar-refractivity contribution in [3.8, 4) is 0 Å². The zero-order valence-corrected chi connectivity index (χ0v) is 20.0. The van der Waals surface area contributed by atoms with E-state index in [2.05, 4.69) is 11.2 Å². The van der Waals surface area contributed by atoms with E-state index < -0.39 is 5.97 Å². The van der Waals surface area contributed by atoms with Crippen molar-refractivity contribution in [1.29, 1.82) is 0 Å². The molecule has 1 amide bonds. The highest BCUT2D eigenvalue weighted by atomic mass is 35.5. The Hall–Kier alpha value is -2.64. The molecule has 7 nitrogen and oxygen atoms in total. The minimum atomic E-state index is -0.401. The highest BCUT2D eigenvalue weighted by Crippen LogP contribution is 2.29. The molecule has 0 atom stereocenters. The second-order valence-corrected chi connectivity index (χ2v) is 8.46. The third kappa shape index (κ3) is 7.17.